The van der Waals surface area contributed by atoms with Crippen LogP contribution in [0.5, 0.6) is 0 Å². The second kappa shape index (κ2) is 5.69. The molecule has 0 bridgehead atoms. The molecule has 4 nitrogen and oxygen atoms in total. The fraction of sp³-hybridized carbons (Fsp3) is 0.250. The second-order valence-electron chi connectivity index (χ2n) is 5.02. The van der Waals surface area contributed by atoms with Gasteiger partial charge in [-0.2, -0.15) is 0 Å². The molecule has 3 rings (SSSR count). The first-order valence-corrected chi connectivity index (χ1v) is 7.65. The Balaban J connectivity index is 1.88. The summed E-state index contributed by atoms with van der Waals surface area (Å²) < 4.78 is 0. The molecular weight excluding hydrogens is 284 g/mol. The normalized spacial score (nSPS) is 17.3. The van der Waals surface area contributed by atoms with Crippen molar-refractivity contribution in [3.8, 4) is 0 Å². The summed E-state index contributed by atoms with van der Waals surface area (Å²) in [4.78, 5) is 27.0. The standard InChI is InChI=1S/C16H15N2O2S/c17-16(20)15-13-6-2-1-4-11(13)7-8-18(15)14(19)10-12-5-3-9-21-12/h2-6,9,15H,7-8,10H2,(H2,17,20). The lowest BCUT2D eigenvalue weighted by atomic mass is 9.92. The van der Waals surface area contributed by atoms with E-state index >= 15 is 0 Å². The molecule has 1 radical (unpaired) electrons. The summed E-state index contributed by atoms with van der Waals surface area (Å²) >= 11 is 1.54. The van der Waals surface area contributed by atoms with Crippen LogP contribution in [-0.2, 0) is 22.4 Å². The highest BCUT2D eigenvalue weighted by molar-refractivity contribution is 7.10. The molecule has 21 heavy (non-hydrogen) atoms. The highest BCUT2D eigenvalue weighted by Crippen LogP contribution is 2.30. The van der Waals surface area contributed by atoms with E-state index in [2.05, 4.69) is 6.07 Å². The van der Waals surface area contributed by atoms with Crippen molar-refractivity contribution in [3.05, 3.63) is 57.8 Å². The fourth-order valence-electron chi connectivity index (χ4n) is 2.74. The number of nitrogens with zero attached hydrogens (tertiary/aromatic N) is 1. The van der Waals surface area contributed by atoms with Gasteiger partial charge in [-0.1, -0.05) is 24.3 Å². The zero-order chi connectivity index (χ0) is 14.8. The van der Waals surface area contributed by atoms with E-state index in [1.807, 2.05) is 29.6 Å². The van der Waals surface area contributed by atoms with Gasteiger partial charge in [0.15, 0.2) is 0 Å². The summed E-state index contributed by atoms with van der Waals surface area (Å²) in [5.74, 6) is -0.540. The van der Waals surface area contributed by atoms with Gasteiger partial charge in [0.2, 0.25) is 11.8 Å². The van der Waals surface area contributed by atoms with Crippen molar-refractivity contribution in [1.29, 1.82) is 0 Å². The first-order chi connectivity index (χ1) is 10.2. The van der Waals surface area contributed by atoms with Crippen LogP contribution in [0.4, 0.5) is 0 Å². The minimum atomic E-state index is -0.671. The van der Waals surface area contributed by atoms with Gasteiger partial charge in [0, 0.05) is 11.4 Å². The maximum Gasteiger partial charge on any atom is 0.244 e. The lowest BCUT2D eigenvalue weighted by Crippen LogP contribution is -2.46. The van der Waals surface area contributed by atoms with Crippen LogP contribution < -0.4 is 5.73 Å². The minimum absolute atomic E-state index is 0.0558. The number of nitrogens with two attached hydrogens (primary N) is 1. The molecule has 5 heteroatoms. The maximum absolute atomic E-state index is 12.5. The van der Waals surface area contributed by atoms with Gasteiger partial charge in [0.25, 0.3) is 0 Å². The zero-order valence-electron chi connectivity index (χ0n) is 11.4. The largest absolute Gasteiger partial charge is 0.368 e. The molecule has 1 aromatic carbocycles. The molecular formula is C16H15N2O2S. The van der Waals surface area contributed by atoms with Crippen LogP contribution in [0, 0.1) is 6.07 Å². The number of carbonyl (C=O) groups is 2. The molecule has 107 valence electrons. The van der Waals surface area contributed by atoms with E-state index in [1.54, 1.807) is 22.3 Å². The van der Waals surface area contributed by atoms with Crippen molar-refractivity contribution < 1.29 is 9.59 Å². The summed E-state index contributed by atoms with van der Waals surface area (Å²) in [6, 6.07) is 11.6. The Bertz CT molecular complexity index is 667. The van der Waals surface area contributed by atoms with Crippen LogP contribution >= 0.6 is 11.3 Å². The molecule has 2 aromatic rings. The Hall–Kier alpha value is -2.14. The highest BCUT2D eigenvalue weighted by Gasteiger charge is 2.34. The molecule has 0 saturated carbocycles. The van der Waals surface area contributed by atoms with Crippen molar-refractivity contribution in [3.63, 3.8) is 0 Å². The van der Waals surface area contributed by atoms with Crippen molar-refractivity contribution >= 4 is 23.2 Å². The van der Waals surface area contributed by atoms with Crippen molar-refractivity contribution in [2.75, 3.05) is 6.54 Å². The summed E-state index contributed by atoms with van der Waals surface area (Å²) in [6.45, 7) is 0.517. The first kappa shape index (κ1) is 13.8. The van der Waals surface area contributed by atoms with Crippen molar-refractivity contribution in [1.82, 2.24) is 4.90 Å². The summed E-state index contributed by atoms with van der Waals surface area (Å²) in [5.41, 5.74) is 7.41. The smallest absolute Gasteiger partial charge is 0.244 e. The third kappa shape index (κ3) is 2.69. The predicted octanol–water partition coefficient (Wildman–Crippen LogP) is 1.70. The van der Waals surface area contributed by atoms with E-state index in [0.29, 0.717) is 13.0 Å². The zero-order valence-corrected chi connectivity index (χ0v) is 12.2. The van der Waals surface area contributed by atoms with E-state index in [9.17, 15) is 9.59 Å². The topological polar surface area (TPSA) is 63.4 Å². The average molecular weight is 299 g/mol. The molecule has 1 aromatic heterocycles. The molecule has 2 N–H and O–H groups in total. The predicted molar refractivity (Wildman–Crippen MR) is 80.7 cm³/mol. The van der Waals surface area contributed by atoms with Gasteiger partial charge in [0.1, 0.15) is 6.04 Å². The van der Waals surface area contributed by atoms with E-state index in [0.717, 1.165) is 22.4 Å². The molecule has 1 aliphatic rings. The van der Waals surface area contributed by atoms with Crippen molar-refractivity contribution in [2.24, 2.45) is 5.73 Å². The highest BCUT2D eigenvalue weighted by atomic mass is 32.1. The Morgan fingerprint density at radius 3 is 3.00 bits per heavy atom. The minimum Gasteiger partial charge on any atom is -0.368 e. The number of thiophene rings is 1. The number of amides is 2. The molecule has 0 fully saturated rings. The molecule has 0 saturated heterocycles. The molecule has 2 heterocycles. The second-order valence-corrected chi connectivity index (χ2v) is 6.06. The van der Waals surface area contributed by atoms with Gasteiger partial charge in [0.05, 0.1) is 6.42 Å². The van der Waals surface area contributed by atoms with Crippen LogP contribution in [0.25, 0.3) is 0 Å². The number of benzene rings is 1. The first-order valence-electron chi connectivity index (χ1n) is 6.77. The SMILES string of the molecule is NC(=O)C1c2cc[c]cc2CCN1C(=O)Cc1cccs1. The Morgan fingerprint density at radius 1 is 1.43 bits per heavy atom. The van der Waals surface area contributed by atoms with E-state index < -0.39 is 11.9 Å². The van der Waals surface area contributed by atoms with Gasteiger partial charge in [-0.15, -0.1) is 11.3 Å². The molecule has 0 aliphatic carbocycles. The number of hydrogen-bond acceptors (Lipinski definition) is 3. The van der Waals surface area contributed by atoms with Gasteiger partial charge in [-0.05, 0) is 35.1 Å². The van der Waals surface area contributed by atoms with Crippen LogP contribution in [0.15, 0.2) is 35.7 Å². The summed E-state index contributed by atoms with van der Waals surface area (Å²) in [7, 11) is 0. The third-order valence-electron chi connectivity index (χ3n) is 3.71. The average Bonchev–Trinajstić information content (AvgIpc) is 2.98. The van der Waals surface area contributed by atoms with E-state index in [-0.39, 0.29) is 5.91 Å². The fourth-order valence-corrected chi connectivity index (χ4v) is 3.43. The van der Waals surface area contributed by atoms with Crippen LogP contribution in [0.3, 0.4) is 0 Å². The lowest BCUT2D eigenvalue weighted by molar-refractivity contribution is -0.139. The third-order valence-corrected chi connectivity index (χ3v) is 4.59. The molecule has 0 spiro atoms. The number of hydrogen-bond donors (Lipinski definition) is 1. The van der Waals surface area contributed by atoms with Gasteiger partial charge < -0.3 is 10.6 Å². The van der Waals surface area contributed by atoms with Crippen LogP contribution in [-0.4, -0.2) is 23.3 Å². The number of primary amides is 1. The molecule has 1 unspecified atom stereocenters. The van der Waals surface area contributed by atoms with Crippen molar-refractivity contribution in [2.45, 2.75) is 18.9 Å². The molecule has 1 atom stereocenters. The maximum atomic E-state index is 12.5. The van der Waals surface area contributed by atoms with Crippen LogP contribution in [0.2, 0.25) is 0 Å². The Morgan fingerprint density at radius 2 is 2.29 bits per heavy atom. The quantitative estimate of drug-likeness (QED) is 0.937. The van der Waals surface area contributed by atoms with Gasteiger partial charge >= 0.3 is 0 Å². The Labute approximate surface area is 127 Å². The number of carbonyl (C=O) groups excluding carboxylic acids is 2. The number of rotatable bonds is 3. The summed E-state index contributed by atoms with van der Waals surface area (Å²) in [5, 5.41) is 1.94. The molecule has 2 amide bonds. The monoisotopic (exact) mass is 299 g/mol. The number of fused-ring (bicyclic) bond motifs is 1. The van der Waals surface area contributed by atoms with E-state index in [1.165, 1.54) is 0 Å². The van der Waals surface area contributed by atoms with Gasteiger partial charge in [-0.25, -0.2) is 0 Å². The Kier molecular flexibility index (Phi) is 3.75. The van der Waals surface area contributed by atoms with Crippen LogP contribution in [0.1, 0.15) is 22.0 Å². The molecule has 1 aliphatic heterocycles. The van der Waals surface area contributed by atoms with Gasteiger partial charge in [-0.3, -0.25) is 9.59 Å². The lowest BCUT2D eigenvalue weighted by Gasteiger charge is -2.35. The summed E-state index contributed by atoms with van der Waals surface area (Å²) in [6.07, 6.45) is 1.04. The van der Waals surface area contributed by atoms with E-state index in [4.69, 9.17) is 5.73 Å².